The number of primary amides is 1. The lowest BCUT2D eigenvalue weighted by Crippen LogP contribution is -2.58. The van der Waals surface area contributed by atoms with Crippen molar-refractivity contribution in [1.29, 1.82) is 0 Å². The molecule has 0 aromatic rings. The number of carboxylic acids is 2. The first kappa shape index (κ1) is 27.8. The third-order valence-corrected chi connectivity index (χ3v) is 5.37. The molecule has 0 aliphatic carbocycles. The van der Waals surface area contributed by atoms with E-state index < -0.39 is 65.7 Å². The number of nitrogens with two attached hydrogens (primary N) is 2. The molecule has 13 heteroatoms. The fourth-order valence-corrected chi connectivity index (χ4v) is 3.51. The summed E-state index contributed by atoms with van der Waals surface area (Å²) in [6, 6.07) is -4.40. The van der Waals surface area contributed by atoms with Gasteiger partial charge in [0, 0.05) is 19.4 Å². The van der Waals surface area contributed by atoms with Crippen LogP contribution in [0.3, 0.4) is 0 Å². The molecule has 1 fully saturated rings. The van der Waals surface area contributed by atoms with E-state index in [1.807, 2.05) is 0 Å². The van der Waals surface area contributed by atoms with Gasteiger partial charge < -0.3 is 37.2 Å². The lowest BCUT2D eigenvalue weighted by molar-refractivity contribution is -0.144. The number of aliphatic carboxylic acids is 2. The molecular formula is C20H33N5O8. The number of hydrogen-bond donors (Lipinski definition) is 6. The second-order valence-electron chi connectivity index (χ2n) is 8.36. The minimum Gasteiger partial charge on any atom is -0.481 e. The summed E-state index contributed by atoms with van der Waals surface area (Å²) in [6.07, 6.45) is 0.0748. The van der Waals surface area contributed by atoms with Gasteiger partial charge in [0.05, 0.1) is 6.04 Å². The summed E-state index contributed by atoms with van der Waals surface area (Å²) < 4.78 is 0. The van der Waals surface area contributed by atoms with Crippen molar-refractivity contribution in [2.45, 2.75) is 76.5 Å². The fourth-order valence-electron chi connectivity index (χ4n) is 3.51. The maximum absolute atomic E-state index is 12.9. The van der Waals surface area contributed by atoms with Gasteiger partial charge in [0.2, 0.25) is 23.6 Å². The second-order valence-corrected chi connectivity index (χ2v) is 8.36. The molecule has 8 N–H and O–H groups in total. The molecule has 1 saturated heterocycles. The van der Waals surface area contributed by atoms with Crippen LogP contribution in [0.5, 0.6) is 0 Å². The van der Waals surface area contributed by atoms with Crippen molar-refractivity contribution in [3.05, 3.63) is 0 Å². The number of hydrogen-bond acceptors (Lipinski definition) is 7. The van der Waals surface area contributed by atoms with E-state index in [0.29, 0.717) is 12.8 Å². The van der Waals surface area contributed by atoms with Gasteiger partial charge in [0.15, 0.2) is 0 Å². The molecule has 1 heterocycles. The highest BCUT2D eigenvalue weighted by molar-refractivity contribution is 5.94. The number of nitrogens with zero attached hydrogens (tertiary/aromatic N) is 1. The van der Waals surface area contributed by atoms with Crippen molar-refractivity contribution in [3.63, 3.8) is 0 Å². The number of nitrogens with one attached hydrogen (secondary N) is 2. The molecule has 0 aromatic heterocycles. The largest absolute Gasteiger partial charge is 0.481 e. The number of carbonyl (C=O) groups excluding carboxylic acids is 4. The van der Waals surface area contributed by atoms with Crippen molar-refractivity contribution >= 4 is 35.6 Å². The Morgan fingerprint density at radius 1 is 1.03 bits per heavy atom. The fraction of sp³-hybridized carbons (Fsp3) is 0.700. The standard InChI is InChI=1S/C20H33N5O8/c1-10(2)16(18(30)23-12(20(32)33)6-7-14(22)26)24-17(29)13-4-3-9-25(13)19(31)11(21)5-8-15(27)28/h10-13,16H,3-9,21H2,1-2H3,(H2,22,26)(H,23,30)(H,24,29)(H,27,28)(H,32,33). The molecule has 1 aliphatic rings. The topological polar surface area (TPSA) is 222 Å². The summed E-state index contributed by atoms with van der Waals surface area (Å²) in [5.74, 6) is -5.44. The molecule has 1 rings (SSSR count). The van der Waals surface area contributed by atoms with Crippen LogP contribution in [0, 0.1) is 5.92 Å². The minimum atomic E-state index is -1.36. The first-order valence-corrected chi connectivity index (χ1v) is 10.7. The summed E-state index contributed by atoms with van der Waals surface area (Å²) in [5.41, 5.74) is 10.8. The Hall–Kier alpha value is -3.22. The van der Waals surface area contributed by atoms with Crippen LogP contribution < -0.4 is 22.1 Å². The molecule has 4 unspecified atom stereocenters. The zero-order valence-corrected chi connectivity index (χ0v) is 18.8. The molecule has 0 bridgehead atoms. The first-order valence-electron chi connectivity index (χ1n) is 10.7. The van der Waals surface area contributed by atoms with Crippen molar-refractivity contribution < 1.29 is 39.0 Å². The van der Waals surface area contributed by atoms with E-state index in [2.05, 4.69) is 10.6 Å². The van der Waals surface area contributed by atoms with Crippen LogP contribution in [0.25, 0.3) is 0 Å². The van der Waals surface area contributed by atoms with Gasteiger partial charge in [-0.2, -0.15) is 0 Å². The molecule has 0 spiro atoms. The van der Waals surface area contributed by atoms with E-state index in [1.54, 1.807) is 13.8 Å². The van der Waals surface area contributed by atoms with Gasteiger partial charge in [0.25, 0.3) is 0 Å². The Morgan fingerprint density at radius 2 is 1.67 bits per heavy atom. The zero-order valence-electron chi connectivity index (χ0n) is 18.8. The molecule has 0 aromatic carbocycles. The molecule has 0 radical (unpaired) electrons. The van der Waals surface area contributed by atoms with E-state index >= 15 is 0 Å². The maximum atomic E-state index is 12.9. The van der Waals surface area contributed by atoms with E-state index in [4.69, 9.17) is 16.6 Å². The number of likely N-dealkylation sites (tertiary alicyclic amines) is 1. The quantitative estimate of drug-likeness (QED) is 0.177. The molecule has 0 saturated carbocycles. The average Bonchev–Trinajstić information content (AvgIpc) is 3.21. The molecule has 13 nitrogen and oxygen atoms in total. The van der Waals surface area contributed by atoms with Crippen molar-refractivity contribution in [3.8, 4) is 0 Å². The molecule has 4 amide bonds. The van der Waals surface area contributed by atoms with Crippen LogP contribution in [0.1, 0.15) is 52.4 Å². The van der Waals surface area contributed by atoms with Crippen LogP contribution in [-0.2, 0) is 28.8 Å². The van der Waals surface area contributed by atoms with Crippen molar-refractivity contribution in [1.82, 2.24) is 15.5 Å². The van der Waals surface area contributed by atoms with Crippen molar-refractivity contribution in [2.75, 3.05) is 6.54 Å². The van der Waals surface area contributed by atoms with Crippen LogP contribution in [0.15, 0.2) is 0 Å². The van der Waals surface area contributed by atoms with E-state index in [0.717, 1.165) is 0 Å². The second kappa shape index (κ2) is 12.7. The highest BCUT2D eigenvalue weighted by Crippen LogP contribution is 2.20. The van der Waals surface area contributed by atoms with Crippen LogP contribution in [0.2, 0.25) is 0 Å². The Balaban J connectivity index is 2.85. The maximum Gasteiger partial charge on any atom is 0.326 e. The smallest absolute Gasteiger partial charge is 0.326 e. The molecule has 4 atom stereocenters. The van der Waals surface area contributed by atoms with Crippen LogP contribution >= 0.6 is 0 Å². The van der Waals surface area contributed by atoms with Crippen LogP contribution in [-0.4, -0.2) is 81.4 Å². The molecule has 33 heavy (non-hydrogen) atoms. The average molecular weight is 472 g/mol. The number of carbonyl (C=O) groups is 6. The lowest BCUT2D eigenvalue weighted by atomic mass is 10.0. The molecule has 1 aliphatic heterocycles. The highest BCUT2D eigenvalue weighted by atomic mass is 16.4. The van der Waals surface area contributed by atoms with E-state index in [9.17, 15) is 33.9 Å². The summed E-state index contributed by atoms with van der Waals surface area (Å²) in [6.45, 7) is 3.58. The van der Waals surface area contributed by atoms with Crippen molar-refractivity contribution in [2.24, 2.45) is 17.4 Å². The van der Waals surface area contributed by atoms with Gasteiger partial charge in [-0.15, -0.1) is 0 Å². The zero-order chi connectivity index (χ0) is 25.3. The lowest BCUT2D eigenvalue weighted by Gasteiger charge is -2.29. The third-order valence-electron chi connectivity index (χ3n) is 5.37. The van der Waals surface area contributed by atoms with Gasteiger partial charge >= 0.3 is 11.9 Å². The Labute approximate surface area is 191 Å². The summed E-state index contributed by atoms with van der Waals surface area (Å²) >= 11 is 0. The summed E-state index contributed by atoms with van der Waals surface area (Å²) in [5, 5.41) is 22.9. The Kier molecular flexibility index (Phi) is 10.7. The number of carboxylic acid groups (broad SMARTS) is 2. The number of rotatable bonds is 13. The Bertz CT molecular complexity index is 772. The van der Waals surface area contributed by atoms with Gasteiger partial charge in [0.1, 0.15) is 18.1 Å². The molecular weight excluding hydrogens is 438 g/mol. The minimum absolute atomic E-state index is 0.0715. The predicted molar refractivity (Wildman–Crippen MR) is 114 cm³/mol. The monoisotopic (exact) mass is 471 g/mol. The Morgan fingerprint density at radius 3 is 2.18 bits per heavy atom. The number of amides is 4. The van der Waals surface area contributed by atoms with Gasteiger partial charge in [-0.05, 0) is 31.6 Å². The molecule has 186 valence electrons. The van der Waals surface area contributed by atoms with Gasteiger partial charge in [-0.3, -0.25) is 24.0 Å². The van der Waals surface area contributed by atoms with E-state index in [-0.39, 0.29) is 32.2 Å². The summed E-state index contributed by atoms with van der Waals surface area (Å²) in [4.78, 5) is 72.6. The normalized spacial score (nSPS) is 18.3. The predicted octanol–water partition coefficient (Wildman–Crippen LogP) is -1.85. The van der Waals surface area contributed by atoms with Gasteiger partial charge in [-0.25, -0.2) is 4.79 Å². The third kappa shape index (κ3) is 8.67. The first-order chi connectivity index (χ1) is 15.3. The summed E-state index contributed by atoms with van der Waals surface area (Å²) in [7, 11) is 0. The SMILES string of the molecule is CC(C)C(NC(=O)C1CCCN1C(=O)C(N)CCC(=O)O)C(=O)NC(CCC(N)=O)C(=O)O. The van der Waals surface area contributed by atoms with E-state index in [1.165, 1.54) is 4.90 Å². The highest BCUT2D eigenvalue weighted by Gasteiger charge is 2.38. The van der Waals surface area contributed by atoms with Gasteiger partial charge in [-0.1, -0.05) is 13.8 Å². The van der Waals surface area contributed by atoms with Crippen LogP contribution in [0.4, 0.5) is 0 Å².